The van der Waals surface area contributed by atoms with Crippen LogP contribution in [0.4, 0.5) is 13.9 Å². The Balaban J connectivity index is 1.29. The number of halogens is 2. The van der Waals surface area contributed by atoms with Crippen LogP contribution in [0.3, 0.4) is 0 Å². The van der Waals surface area contributed by atoms with E-state index in [9.17, 15) is 18.4 Å². The number of hydrogen-bond acceptors (Lipinski definition) is 6. The maximum Gasteiger partial charge on any atom is 0.254 e. The maximum atomic E-state index is 13.6. The molecule has 0 saturated carbocycles. The monoisotopic (exact) mass is 445 g/mol. The first-order valence-electron chi connectivity index (χ1n) is 9.38. The van der Waals surface area contributed by atoms with Gasteiger partial charge in [0.15, 0.2) is 16.6 Å². The fourth-order valence-corrected chi connectivity index (χ4v) is 3.64. The summed E-state index contributed by atoms with van der Waals surface area (Å²) < 4.78 is 37.6. The predicted molar refractivity (Wildman–Crippen MR) is 110 cm³/mol. The van der Waals surface area contributed by atoms with E-state index in [0.29, 0.717) is 41.6 Å². The van der Waals surface area contributed by atoms with Gasteiger partial charge in [0.25, 0.3) is 5.91 Å². The summed E-state index contributed by atoms with van der Waals surface area (Å²) in [7, 11) is 0. The van der Waals surface area contributed by atoms with Gasteiger partial charge in [-0.2, -0.15) is 0 Å². The Hall–Kier alpha value is -3.53. The first kappa shape index (κ1) is 20.7. The second-order valence-electron chi connectivity index (χ2n) is 6.57. The molecule has 2 N–H and O–H groups in total. The Morgan fingerprint density at radius 1 is 1.06 bits per heavy atom. The normalized spacial score (nSPS) is 12.3. The number of carbonyl (C=O) groups is 2. The summed E-state index contributed by atoms with van der Waals surface area (Å²) in [6, 6.07) is 8.18. The second kappa shape index (κ2) is 9.09. The number of rotatable bonds is 6. The van der Waals surface area contributed by atoms with Crippen molar-refractivity contribution in [3.63, 3.8) is 0 Å². The first-order chi connectivity index (χ1) is 15.0. The highest BCUT2D eigenvalue weighted by molar-refractivity contribution is 7.14. The van der Waals surface area contributed by atoms with E-state index >= 15 is 0 Å². The molecule has 0 saturated heterocycles. The lowest BCUT2D eigenvalue weighted by atomic mass is 10.1. The van der Waals surface area contributed by atoms with Crippen molar-refractivity contribution in [3.8, 4) is 22.8 Å². The molecule has 31 heavy (non-hydrogen) atoms. The number of nitrogens with zero attached hydrogens (tertiary/aromatic N) is 1. The average molecular weight is 445 g/mol. The lowest BCUT2D eigenvalue weighted by molar-refractivity contribution is -0.116. The molecular formula is C21H17F2N3O4S. The molecule has 7 nitrogen and oxygen atoms in total. The molecule has 0 radical (unpaired) electrons. The Bertz CT molecular complexity index is 1140. The summed E-state index contributed by atoms with van der Waals surface area (Å²) >= 11 is 1.26. The number of ether oxygens (including phenoxy) is 2. The predicted octanol–water partition coefficient (Wildman–Crippen LogP) is 3.62. The van der Waals surface area contributed by atoms with Crippen LogP contribution in [-0.2, 0) is 4.79 Å². The topological polar surface area (TPSA) is 89.6 Å². The molecule has 2 heterocycles. The summed E-state index contributed by atoms with van der Waals surface area (Å²) in [4.78, 5) is 28.5. The van der Waals surface area contributed by atoms with Crippen molar-refractivity contribution in [3.05, 3.63) is 59.0 Å². The second-order valence-corrected chi connectivity index (χ2v) is 7.43. The third-order valence-electron chi connectivity index (χ3n) is 4.40. The summed E-state index contributed by atoms with van der Waals surface area (Å²) in [5, 5.41) is 7.31. The van der Waals surface area contributed by atoms with Gasteiger partial charge in [0.1, 0.15) is 24.8 Å². The number of amides is 2. The molecule has 2 aromatic carbocycles. The highest BCUT2D eigenvalue weighted by atomic mass is 32.1. The Morgan fingerprint density at radius 2 is 1.87 bits per heavy atom. The molecule has 0 atom stereocenters. The van der Waals surface area contributed by atoms with E-state index < -0.39 is 17.5 Å². The van der Waals surface area contributed by atoms with Gasteiger partial charge in [0.2, 0.25) is 5.91 Å². The van der Waals surface area contributed by atoms with Gasteiger partial charge in [0.05, 0.1) is 11.3 Å². The van der Waals surface area contributed by atoms with Crippen LogP contribution in [0.1, 0.15) is 16.8 Å². The van der Waals surface area contributed by atoms with Crippen molar-refractivity contribution < 1.29 is 27.8 Å². The number of aromatic nitrogens is 1. The van der Waals surface area contributed by atoms with Crippen molar-refractivity contribution in [1.82, 2.24) is 10.3 Å². The van der Waals surface area contributed by atoms with Crippen LogP contribution in [0.5, 0.6) is 11.5 Å². The van der Waals surface area contributed by atoms with Crippen LogP contribution in [-0.4, -0.2) is 36.6 Å². The standard InChI is InChI=1S/C21H17F2N3O4S/c22-13-2-3-14(15(23)10-13)20(28)24-6-5-19(27)26-21-25-16(11-31-21)12-1-4-17-18(9-12)30-8-7-29-17/h1-4,9-11H,5-8H2,(H,24,28)(H,25,26,27). The van der Waals surface area contributed by atoms with Gasteiger partial charge in [-0.05, 0) is 30.3 Å². The average Bonchev–Trinajstić information content (AvgIpc) is 3.21. The molecule has 10 heteroatoms. The van der Waals surface area contributed by atoms with Gasteiger partial charge in [-0.1, -0.05) is 0 Å². The fraction of sp³-hybridized carbons (Fsp3) is 0.190. The van der Waals surface area contributed by atoms with E-state index in [-0.39, 0.29) is 24.4 Å². The molecule has 0 aliphatic carbocycles. The third kappa shape index (κ3) is 4.97. The number of carbonyl (C=O) groups excluding carboxylic acids is 2. The number of thiazole rings is 1. The summed E-state index contributed by atoms with van der Waals surface area (Å²) in [5.74, 6) is -1.48. The molecular weight excluding hydrogens is 428 g/mol. The molecule has 3 aromatic rings. The Kier molecular flexibility index (Phi) is 6.08. The lowest BCUT2D eigenvalue weighted by Crippen LogP contribution is -2.28. The molecule has 160 valence electrons. The molecule has 0 unspecified atom stereocenters. The molecule has 1 aliphatic heterocycles. The molecule has 2 amide bonds. The smallest absolute Gasteiger partial charge is 0.254 e. The minimum atomic E-state index is -0.962. The van der Waals surface area contributed by atoms with Crippen molar-refractivity contribution >= 4 is 28.3 Å². The van der Waals surface area contributed by atoms with E-state index in [1.807, 2.05) is 18.2 Å². The number of hydrogen-bond donors (Lipinski definition) is 2. The van der Waals surface area contributed by atoms with Crippen LogP contribution >= 0.6 is 11.3 Å². The number of fused-ring (bicyclic) bond motifs is 1. The Labute approximate surface area is 180 Å². The van der Waals surface area contributed by atoms with Crippen LogP contribution in [0.15, 0.2) is 41.8 Å². The van der Waals surface area contributed by atoms with Crippen LogP contribution in [0.2, 0.25) is 0 Å². The molecule has 0 fully saturated rings. The summed E-state index contributed by atoms with van der Waals surface area (Å²) in [6.45, 7) is 0.986. The van der Waals surface area contributed by atoms with Crippen LogP contribution in [0, 0.1) is 11.6 Å². The van der Waals surface area contributed by atoms with E-state index in [1.54, 1.807) is 5.38 Å². The highest BCUT2D eigenvalue weighted by Crippen LogP contribution is 2.35. The van der Waals surface area contributed by atoms with Gasteiger partial charge in [-0.15, -0.1) is 11.3 Å². The molecule has 0 bridgehead atoms. The van der Waals surface area contributed by atoms with Gasteiger partial charge >= 0.3 is 0 Å². The lowest BCUT2D eigenvalue weighted by Gasteiger charge is -2.18. The Morgan fingerprint density at radius 3 is 2.68 bits per heavy atom. The number of anilines is 1. The molecule has 0 spiro atoms. The number of nitrogens with one attached hydrogen (secondary N) is 2. The van der Waals surface area contributed by atoms with Gasteiger partial charge in [0, 0.05) is 30.0 Å². The quantitative estimate of drug-likeness (QED) is 0.605. The van der Waals surface area contributed by atoms with Gasteiger partial charge < -0.3 is 20.1 Å². The van der Waals surface area contributed by atoms with Crippen LogP contribution < -0.4 is 20.1 Å². The first-order valence-corrected chi connectivity index (χ1v) is 10.3. The van der Waals surface area contributed by atoms with E-state index in [2.05, 4.69) is 15.6 Å². The fourth-order valence-electron chi connectivity index (χ4n) is 2.91. The largest absolute Gasteiger partial charge is 0.486 e. The molecule has 1 aromatic heterocycles. The van der Waals surface area contributed by atoms with Gasteiger partial charge in [-0.25, -0.2) is 13.8 Å². The van der Waals surface area contributed by atoms with E-state index in [4.69, 9.17) is 9.47 Å². The minimum absolute atomic E-state index is 0.0120. The zero-order valence-corrected chi connectivity index (χ0v) is 16.9. The minimum Gasteiger partial charge on any atom is -0.486 e. The van der Waals surface area contributed by atoms with E-state index in [0.717, 1.165) is 17.7 Å². The summed E-state index contributed by atoms with van der Waals surface area (Å²) in [5.41, 5.74) is 1.22. The van der Waals surface area contributed by atoms with Crippen molar-refractivity contribution in [2.75, 3.05) is 25.1 Å². The number of benzene rings is 2. The highest BCUT2D eigenvalue weighted by Gasteiger charge is 2.15. The van der Waals surface area contributed by atoms with Crippen molar-refractivity contribution in [1.29, 1.82) is 0 Å². The third-order valence-corrected chi connectivity index (χ3v) is 5.16. The maximum absolute atomic E-state index is 13.6. The van der Waals surface area contributed by atoms with E-state index in [1.165, 1.54) is 11.3 Å². The van der Waals surface area contributed by atoms with Gasteiger partial charge in [-0.3, -0.25) is 9.59 Å². The zero-order valence-electron chi connectivity index (χ0n) is 16.1. The molecule has 1 aliphatic rings. The van der Waals surface area contributed by atoms with Crippen molar-refractivity contribution in [2.24, 2.45) is 0 Å². The van der Waals surface area contributed by atoms with Crippen molar-refractivity contribution in [2.45, 2.75) is 6.42 Å². The summed E-state index contributed by atoms with van der Waals surface area (Å²) in [6.07, 6.45) is -0.0342. The zero-order chi connectivity index (χ0) is 21.8. The molecule has 4 rings (SSSR count). The van der Waals surface area contributed by atoms with Crippen LogP contribution in [0.25, 0.3) is 11.3 Å². The SMILES string of the molecule is O=C(CCNC(=O)c1ccc(F)cc1F)Nc1nc(-c2ccc3c(c2)OCCO3)cs1.